The number of fused-ring (bicyclic) bond motifs is 5. The lowest BCUT2D eigenvalue weighted by Gasteiger charge is -2.58. The van der Waals surface area contributed by atoms with Crippen molar-refractivity contribution in [2.24, 2.45) is 34.4 Å². The largest absolute Gasteiger partial charge is 0.351 e. The molecule has 27 heavy (non-hydrogen) atoms. The Balaban J connectivity index is 2.61. The maximum Gasteiger partial charge on any atom is 0.243 e. The highest BCUT2D eigenvalue weighted by molar-refractivity contribution is 5.89. The summed E-state index contributed by atoms with van der Waals surface area (Å²) in [5.74, 6) is -29.0. The number of carbonyl (C=O) groups is 2. The lowest BCUT2D eigenvalue weighted by molar-refractivity contribution is -0.135. The van der Waals surface area contributed by atoms with E-state index in [1.165, 1.54) is 0 Å². The summed E-state index contributed by atoms with van der Waals surface area (Å²) < 4.78 is 316. The average Bonchev–Trinajstić information content (AvgIpc) is 3.12. The van der Waals surface area contributed by atoms with Gasteiger partial charge in [-0.3, -0.25) is 9.59 Å². The second kappa shape index (κ2) is 6.09. The van der Waals surface area contributed by atoms with Gasteiger partial charge in [-0.05, 0) is 87.9 Å². The molecule has 0 aromatic heterocycles. The van der Waals surface area contributed by atoms with Crippen LogP contribution in [0.1, 0.15) is 119 Å². The monoisotopic (exact) mass is 409 g/mol. The van der Waals surface area contributed by atoms with Gasteiger partial charge in [0.1, 0.15) is 0 Å². The molecule has 0 aromatic carbocycles. The van der Waals surface area contributed by atoms with E-state index in [4.69, 9.17) is 37.1 Å². The lowest BCUT2D eigenvalue weighted by Crippen LogP contribution is -2.59. The predicted octanol–water partition coefficient (Wildman–Crippen LogP) is 3.81. The quantitative estimate of drug-likeness (QED) is 0.693. The summed E-state index contributed by atoms with van der Waals surface area (Å²) in [6, 6.07) is -9.74. The Kier molecular flexibility index (Phi) is 0.843. The normalized spacial score (nSPS) is 93.9. The summed E-state index contributed by atoms with van der Waals surface area (Å²) in [7, 11) is 0. The first kappa shape index (κ1) is 3.74. The van der Waals surface area contributed by atoms with E-state index < -0.39 is 153 Å². The van der Waals surface area contributed by atoms with E-state index in [1.54, 1.807) is 0 Å². The highest BCUT2D eigenvalue weighted by Gasteiger charge is 2.60. The number of hydrogen-bond acceptors (Lipinski definition) is 2. The second-order valence-electron chi connectivity index (χ2n) is 5.89. The van der Waals surface area contributed by atoms with Crippen LogP contribution >= 0.6 is 0 Å². The molecule has 150 valence electrons. The van der Waals surface area contributed by atoms with Crippen molar-refractivity contribution in [1.29, 1.82) is 0 Å². The minimum absolute atomic E-state index is 1.20. The lowest BCUT2D eigenvalue weighted by atomic mass is 9.48. The number of nitrogens with one attached hydrogen (secondary N) is 2. The number of amides is 2. The minimum atomic E-state index is -5.87. The molecule has 7 atom stereocenters. The van der Waals surface area contributed by atoms with Crippen LogP contribution in [0.25, 0.3) is 0 Å². The molecular weight excluding hydrogens is 336 g/mol. The Morgan fingerprint density at radius 2 is 2.22 bits per heavy atom. The Labute approximate surface area is 214 Å². The Bertz CT molecular complexity index is 2000. The standard InChI is InChI=1S/C23H36N2O2/c1-21(2,3)25-20(27)17-8-7-15-14-6-9-18-23(5,13-11-19(26)24-18)16(14)10-12-22(15,17)4/h11,13-18H,6-10,12H2,1-5H3,(H,24,26)(H,25,27)/t14-,15-,16-,17+,18+,22-,23+/m0/s1/i1D3,2D3,3D3,4D3,5D3,6D2,7D2,8D2,9D2,10D2,11D,12D2,13D,14D,15D,16D,17D,18D/hD2. The Morgan fingerprint density at radius 1 is 1.37 bits per heavy atom. The van der Waals surface area contributed by atoms with Crippen molar-refractivity contribution in [3.63, 3.8) is 0 Å². The van der Waals surface area contributed by atoms with Gasteiger partial charge in [-0.15, -0.1) is 0 Å². The van der Waals surface area contributed by atoms with Crippen molar-refractivity contribution in [3.8, 4) is 0 Å². The molecule has 0 spiro atoms. The zero-order chi connectivity index (χ0) is 51.0. The van der Waals surface area contributed by atoms with Gasteiger partial charge in [0.25, 0.3) is 0 Å². The van der Waals surface area contributed by atoms with Crippen LogP contribution in [-0.2, 0) is 9.59 Å². The van der Waals surface area contributed by atoms with E-state index >= 15 is 4.79 Å². The zero-order valence-corrected chi connectivity index (χ0v) is 13.2. The van der Waals surface area contributed by atoms with Gasteiger partial charge in [-0.25, -0.2) is 0 Å². The summed E-state index contributed by atoms with van der Waals surface area (Å²) in [5.41, 5.74) is -16.2. The molecular formula is C23H36N2O2. The van der Waals surface area contributed by atoms with Gasteiger partial charge < -0.3 is 10.6 Å². The molecule has 0 bridgehead atoms. The fourth-order valence-electron chi connectivity index (χ4n) is 2.83. The highest BCUT2D eigenvalue weighted by atomic mass is 16.2. The maximum absolute atomic E-state index is 15.1. The maximum atomic E-state index is 15.1. The van der Waals surface area contributed by atoms with Crippen LogP contribution in [0.5, 0.6) is 0 Å². The van der Waals surface area contributed by atoms with Crippen LogP contribution in [0.15, 0.2) is 12.1 Å². The summed E-state index contributed by atoms with van der Waals surface area (Å²) in [5, 5.41) is -2.97. The fourth-order valence-corrected chi connectivity index (χ4v) is 2.83. The SMILES string of the molecule is [2H]C1=C([2H])[C@]2(C([2H])([2H])[2H])[C@@]3([2H])C([2H])([2H])C([2H])([2H])[C@@]4(C([2H])([2H])[2H])[C@@]([2H])(C([2H])([2H])C([2H])([2H])[C@]4([2H])C(=O)N([2H])C(C([2H])([2H])[2H])(C([2H])([2H])[2H])C([2H])([2H])[2H])[C@]3([2H])C([2H])([2H])C([2H])([2H])[C@@]2([2H])N([2H])C1=O. The van der Waals surface area contributed by atoms with Gasteiger partial charge in [-0.2, -0.15) is 0 Å². The number of carbonyl (C=O) groups excluding carboxylic acids is 2. The predicted molar refractivity (Wildman–Crippen MR) is 107 cm³/mol. The molecule has 4 rings (SSSR count). The van der Waals surface area contributed by atoms with Crippen molar-refractivity contribution in [2.75, 3.05) is 0 Å². The summed E-state index contributed by atoms with van der Waals surface area (Å²) in [6.45, 7) is -24.8. The van der Waals surface area contributed by atoms with Gasteiger partial charge in [0.15, 0.2) is 2.82 Å². The smallest absolute Gasteiger partial charge is 0.243 e. The van der Waals surface area contributed by atoms with Gasteiger partial charge in [-0.1, -0.05) is 19.8 Å². The molecule has 2 N–H and O–H groups in total. The van der Waals surface area contributed by atoms with Crippen LogP contribution < -0.4 is 10.6 Å². The van der Waals surface area contributed by atoms with E-state index in [-0.39, 0.29) is 0 Å². The third kappa shape index (κ3) is 2.94. The van der Waals surface area contributed by atoms with E-state index in [9.17, 15) is 17.1 Å². The molecule has 3 aliphatic carbocycles. The van der Waals surface area contributed by atoms with Crippen LogP contribution in [-0.4, -0.2) is 23.4 Å². The Morgan fingerprint density at radius 3 is 2.96 bits per heavy atom. The third-order valence-electron chi connectivity index (χ3n) is 4.03. The molecule has 0 radical (unpaired) electrons. The molecule has 1 heterocycles. The van der Waals surface area contributed by atoms with Crippen molar-refractivity contribution in [3.05, 3.63) is 12.1 Å². The van der Waals surface area contributed by atoms with Crippen LogP contribution in [0.3, 0.4) is 0 Å². The zero-order valence-electron chi connectivity index (χ0n) is 49.2. The van der Waals surface area contributed by atoms with Crippen molar-refractivity contribution < 1.29 is 59.0 Å². The molecule has 0 unspecified atom stereocenters. The van der Waals surface area contributed by atoms with Crippen LogP contribution in [0.2, 0.25) is 2.82 Å². The van der Waals surface area contributed by atoms with E-state index in [0.717, 1.165) is 0 Å². The van der Waals surface area contributed by atoms with Gasteiger partial charge >= 0.3 is 0 Å². The highest BCUT2D eigenvalue weighted by Crippen LogP contribution is 2.65. The molecule has 3 fully saturated rings. The minimum Gasteiger partial charge on any atom is -0.351 e. The van der Waals surface area contributed by atoms with E-state index in [2.05, 4.69) is 0 Å². The molecule has 4 aliphatic rings. The summed E-state index contributed by atoms with van der Waals surface area (Å²) >= 11 is 0. The first-order valence-electron chi connectivity index (χ1n) is 25.2. The topological polar surface area (TPSA) is 58.2 Å². The molecule has 0 saturated heterocycles. The van der Waals surface area contributed by atoms with Gasteiger partial charge in [0.2, 0.25) is 11.8 Å². The molecule has 4 heteroatoms. The first-order chi connectivity index (χ1) is 27.0. The summed E-state index contributed by atoms with van der Waals surface area (Å²) in [6.07, 6.45) is -32.9. The van der Waals surface area contributed by atoms with E-state index in [1.807, 2.05) is 0 Å². The first-order valence-corrected chi connectivity index (χ1v) is 7.30. The van der Waals surface area contributed by atoms with Crippen LogP contribution in [0, 0.1) is 34.4 Å². The molecule has 1 aliphatic heterocycles. The third-order valence-corrected chi connectivity index (χ3v) is 4.03. The van der Waals surface area contributed by atoms with E-state index in [0.29, 0.717) is 0 Å². The average molecular weight is 409 g/mol. The molecule has 2 amide bonds. The number of rotatable bonds is 1. The molecule has 0 aromatic rings. The Hall–Kier alpha value is -1.32. The van der Waals surface area contributed by atoms with Crippen LogP contribution in [0.4, 0.5) is 0 Å². The molecule has 3 saturated carbocycles. The van der Waals surface area contributed by atoms with Gasteiger partial charge in [0.05, 0.1) is 4.11 Å². The molecule has 4 nitrogen and oxygen atoms in total. The number of hydrogen-bond donors (Lipinski definition) is 2. The fraction of sp³-hybridized carbons (Fsp3) is 0.826. The summed E-state index contributed by atoms with van der Waals surface area (Å²) in [4.78, 5) is 28.3. The van der Waals surface area contributed by atoms with Crippen molar-refractivity contribution >= 4 is 11.8 Å². The van der Waals surface area contributed by atoms with Crippen molar-refractivity contribution in [1.82, 2.24) is 10.6 Å². The van der Waals surface area contributed by atoms with Crippen molar-refractivity contribution in [2.45, 2.75) is 84.1 Å². The second-order valence-corrected chi connectivity index (χ2v) is 5.89. The van der Waals surface area contributed by atoms with Gasteiger partial charge in [0, 0.05) is 65.4 Å².